The zero-order valence-electron chi connectivity index (χ0n) is 9.09. The minimum atomic E-state index is -0.0117. The number of halogens is 1. The van der Waals surface area contributed by atoms with Gasteiger partial charge in [-0.3, -0.25) is 11.3 Å². The highest BCUT2D eigenvalue weighted by molar-refractivity contribution is 6.30. The van der Waals surface area contributed by atoms with Gasteiger partial charge in [-0.05, 0) is 37.1 Å². The maximum absolute atomic E-state index is 5.98. The molecular weight excluding hydrogens is 212 g/mol. The third-order valence-corrected chi connectivity index (χ3v) is 2.37. The first-order valence-corrected chi connectivity index (χ1v) is 5.36. The SMILES string of the molecule is CCOCC(NN)c1cc(C)cc(Cl)c1. The molecule has 0 radical (unpaired) electrons. The van der Waals surface area contributed by atoms with E-state index in [1.165, 1.54) is 0 Å². The van der Waals surface area contributed by atoms with Gasteiger partial charge in [-0.25, -0.2) is 0 Å². The lowest BCUT2D eigenvalue weighted by Gasteiger charge is -2.16. The van der Waals surface area contributed by atoms with Crippen LogP contribution in [0.1, 0.15) is 24.1 Å². The first-order chi connectivity index (χ1) is 7.17. The zero-order chi connectivity index (χ0) is 11.3. The normalized spacial score (nSPS) is 12.8. The van der Waals surface area contributed by atoms with Gasteiger partial charge in [0.25, 0.3) is 0 Å². The summed E-state index contributed by atoms with van der Waals surface area (Å²) >= 11 is 5.98. The lowest BCUT2D eigenvalue weighted by atomic mass is 10.1. The monoisotopic (exact) mass is 228 g/mol. The minimum absolute atomic E-state index is 0.0117. The molecule has 0 aliphatic rings. The van der Waals surface area contributed by atoms with Gasteiger partial charge in [0.15, 0.2) is 0 Å². The lowest BCUT2D eigenvalue weighted by Crippen LogP contribution is -2.31. The van der Waals surface area contributed by atoms with Crippen LogP contribution in [0, 0.1) is 6.92 Å². The summed E-state index contributed by atoms with van der Waals surface area (Å²) in [5.41, 5.74) is 4.90. The molecule has 1 rings (SSSR count). The van der Waals surface area contributed by atoms with E-state index in [4.69, 9.17) is 22.2 Å². The van der Waals surface area contributed by atoms with Crippen LogP contribution in [0.2, 0.25) is 5.02 Å². The van der Waals surface area contributed by atoms with Crippen LogP contribution < -0.4 is 11.3 Å². The van der Waals surface area contributed by atoms with Crippen molar-refractivity contribution in [2.24, 2.45) is 5.84 Å². The molecule has 0 bridgehead atoms. The fourth-order valence-corrected chi connectivity index (χ4v) is 1.74. The van der Waals surface area contributed by atoms with Crippen molar-refractivity contribution < 1.29 is 4.74 Å². The summed E-state index contributed by atoms with van der Waals surface area (Å²) in [6.07, 6.45) is 0. The van der Waals surface area contributed by atoms with Gasteiger partial charge in [0.05, 0.1) is 12.6 Å². The summed E-state index contributed by atoms with van der Waals surface area (Å²) in [4.78, 5) is 0. The summed E-state index contributed by atoms with van der Waals surface area (Å²) in [6, 6.07) is 5.86. The van der Waals surface area contributed by atoms with E-state index in [-0.39, 0.29) is 6.04 Å². The van der Waals surface area contributed by atoms with E-state index in [0.29, 0.717) is 13.2 Å². The molecule has 1 atom stereocenters. The van der Waals surface area contributed by atoms with Crippen molar-refractivity contribution in [3.8, 4) is 0 Å². The predicted molar refractivity (Wildman–Crippen MR) is 62.7 cm³/mol. The van der Waals surface area contributed by atoms with E-state index in [1.54, 1.807) is 0 Å². The van der Waals surface area contributed by atoms with Gasteiger partial charge in [-0.15, -0.1) is 0 Å². The molecule has 84 valence electrons. The Hall–Kier alpha value is -0.610. The molecule has 0 aliphatic heterocycles. The highest BCUT2D eigenvalue weighted by atomic mass is 35.5. The van der Waals surface area contributed by atoms with Crippen LogP contribution in [0.25, 0.3) is 0 Å². The molecule has 0 saturated carbocycles. The second-order valence-corrected chi connectivity index (χ2v) is 3.88. The van der Waals surface area contributed by atoms with Crippen LogP contribution in [0.15, 0.2) is 18.2 Å². The number of aryl methyl sites for hydroxylation is 1. The molecule has 0 saturated heterocycles. The van der Waals surface area contributed by atoms with E-state index in [0.717, 1.165) is 16.1 Å². The molecule has 4 heteroatoms. The predicted octanol–water partition coefficient (Wildman–Crippen LogP) is 2.19. The molecule has 0 aliphatic carbocycles. The fraction of sp³-hybridized carbons (Fsp3) is 0.455. The number of nitrogens with one attached hydrogen (secondary N) is 1. The molecule has 0 amide bonds. The minimum Gasteiger partial charge on any atom is -0.380 e. The summed E-state index contributed by atoms with van der Waals surface area (Å²) in [5.74, 6) is 5.47. The number of hydrogen-bond acceptors (Lipinski definition) is 3. The Kier molecular flexibility index (Phi) is 5.05. The summed E-state index contributed by atoms with van der Waals surface area (Å²) in [5, 5.41) is 0.724. The Bertz CT molecular complexity index is 297. The van der Waals surface area contributed by atoms with Crippen LogP contribution in [0.5, 0.6) is 0 Å². The Morgan fingerprint density at radius 1 is 1.47 bits per heavy atom. The largest absolute Gasteiger partial charge is 0.380 e. The summed E-state index contributed by atoms with van der Waals surface area (Å²) in [6.45, 7) is 5.19. The highest BCUT2D eigenvalue weighted by Gasteiger charge is 2.10. The first kappa shape index (κ1) is 12.5. The van der Waals surface area contributed by atoms with Gasteiger partial charge in [0.1, 0.15) is 0 Å². The molecule has 0 aromatic heterocycles. The topological polar surface area (TPSA) is 47.3 Å². The van der Waals surface area contributed by atoms with Gasteiger partial charge in [0, 0.05) is 11.6 Å². The van der Waals surface area contributed by atoms with Crippen molar-refractivity contribution in [2.45, 2.75) is 19.9 Å². The summed E-state index contributed by atoms with van der Waals surface area (Å²) in [7, 11) is 0. The molecule has 0 fully saturated rings. The molecule has 0 spiro atoms. The Morgan fingerprint density at radius 2 is 2.20 bits per heavy atom. The summed E-state index contributed by atoms with van der Waals surface area (Å²) < 4.78 is 5.34. The molecule has 1 unspecified atom stereocenters. The molecule has 15 heavy (non-hydrogen) atoms. The van der Waals surface area contributed by atoms with Gasteiger partial charge >= 0.3 is 0 Å². The van der Waals surface area contributed by atoms with Crippen LogP contribution in [-0.2, 0) is 4.74 Å². The van der Waals surface area contributed by atoms with E-state index in [2.05, 4.69) is 11.5 Å². The van der Waals surface area contributed by atoms with E-state index in [9.17, 15) is 0 Å². The lowest BCUT2D eigenvalue weighted by molar-refractivity contribution is 0.123. The van der Waals surface area contributed by atoms with Crippen LogP contribution in [0.4, 0.5) is 0 Å². The molecule has 3 N–H and O–H groups in total. The Balaban J connectivity index is 2.81. The van der Waals surface area contributed by atoms with Crippen molar-refractivity contribution >= 4 is 11.6 Å². The highest BCUT2D eigenvalue weighted by Crippen LogP contribution is 2.20. The van der Waals surface area contributed by atoms with Gasteiger partial charge in [-0.2, -0.15) is 0 Å². The van der Waals surface area contributed by atoms with Crippen molar-refractivity contribution in [1.29, 1.82) is 0 Å². The molecule has 3 nitrogen and oxygen atoms in total. The van der Waals surface area contributed by atoms with Crippen molar-refractivity contribution in [3.05, 3.63) is 34.3 Å². The molecular formula is C11H17ClN2O. The average molecular weight is 229 g/mol. The quantitative estimate of drug-likeness (QED) is 0.600. The van der Waals surface area contributed by atoms with Crippen LogP contribution in [0.3, 0.4) is 0 Å². The third-order valence-electron chi connectivity index (χ3n) is 2.16. The van der Waals surface area contributed by atoms with Crippen LogP contribution >= 0.6 is 11.6 Å². The zero-order valence-corrected chi connectivity index (χ0v) is 9.84. The average Bonchev–Trinajstić information content (AvgIpc) is 2.17. The van der Waals surface area contributed by atoms with Gasteiger partial charge in [0.2, 0.25) is 0 Å². The maximum Gasteiger partial charge on any atom is 0.0694 e. The fourth-order valence-electron chi connectivity index (χ4n) is 1.44. The number of benzene rings is 1. The van der Waals surface area contributed by atoms with Crippen molar-refractivity contribution in [1.82, 2.24) is 5.43 Å². The molecule has 1 aromatic carbocycles. The van der Waals surface area contributed by atoms with Gasteiger partial charge < -0.3 is 4.74 Å². The van der Waals surface area contributed by atoms with Crippen LogP contribution in [-0.4, -0.2) is 13.2 Å². The number of hydrazine groups is 1. The second-order valence-electron chi connectivity index (χ2n) is 3.44. The first-order valence-electron chi connectivity index (χ1n) is 4.98. The van der Waals surface area contributed by atoms with E-state index < -0.39 is 0 Å². The van der Waals surface area contributed by atoms with Crippen molar-refractivity contribution in [3.63, 3.8) is 0 Å². The maximum atomic E-state index is 5.98. The number of nitrogens with two attached hydrogens (primary N) is 1. The molecule has 0 heterocycles. The second kappa shape index (κ2) is 6.08. The van der Waals surface area contributed by atoms with Crippen molar-refractivity contribution in [2.75, 3.05) is 13.2 Å². The number of hydrogen-bond donors (Lipinski definition) is 2. The Labute approximate surface area is 95.5 Å². The smallest absolute Gasteiger partial charge is 0.0694 e. The number of ether oxygens (including phenoxy) is 1. The van der Waals surface area contributed by atoms with Gasteiger partial charge in [-0.1, -0.05) is 17.7 Å². The van der Waals surface area contributed by atoms with E-state index >= 15 is 0 Å². The number of rotatable bonds is 5. The standard InChI is InChI=1S/C11H17ClN2O/c1-3-15-7-11(14-13)9-4-8(2)5-10(12)6-9/h4-6,11,14H,3,7,13H2,1-2H3. The molecule has 1 aromatic rings. The van der Waals surface area contributed by atoms with E-state index in [1.807, 2.05) is 26.0 Å². The third kappa shape index (κ3) is 3.80. The Morgan fingerprint density at radius 3 is 2.73 bits per heavy atom.